The van der Waals surface area contributed by atoms with Gasteiger partial charge in [-0.3, -0.25) is 9.98 Å². The molecule has 0 unspecified atom stereocenters. The monoisotopic (exact) mass is 698 g/mol. The molecule has 0 spiro atoms. The zero-order valence-electron chi connectivity index (χ0n) is 28.4. The maximum Gasteiger partial charge on any atom is 0.163 e. The highest BCUT2D eigenvalue weighted by molar-refractivity contribution is 6.04. The molecule has 10 heteroatoms. The van der Waals surface area contributed by atoms with E-state index < -0.39 is 0 Å². The molecule has 0 aliphatic carbocycles. The second-order valence-corrected chi connectivity index (χ2v) is 11.8. The Hall–Kier alpha value is -6.10. The number of phenolic OH excluding ortho intramolecular Hbond substituents is 2. The molecule has 7 rings (SSSR count). The van der Waals surface area contributed by atoms with Gasteiger partial charge in [0.15, 0.2) is 23.0 Å². The summed E-state index contributed by atoms with van der Waals surface area (Å²) >= 11 is 0. The molecule has 0 radical (unpaired) electrons. The molecular weight excluding hydrogens is 660 g/mol. The van der Waals surface area contributed by atoms with Crippen LogP contribution in [0, 0.1) is 0 Å². The Morgan fingerprint density at radius 3 is 1.27 bits per heavy atom. The summed E-state index contributed by atoms with van der Waals surface area (Å²) in [6.07, 6.45) is 3.31. The Morgan fingerprint density at radius 2 is 0.827 bits per heavy atom. The highest BCUT2D eigenvalue weighted by atomic mass is 16.6. The second-order valence-electron chi connectivity index (χ2n) is 11.8. The molecule has 6 aromatic carbocycles. The number of hydrogen-bond donors (Lipinski definition) is 2. The topological polar surface area (TPSA) is 121 Å². The summed E-state index contributed by atoms with van der Waals surface area (Å²) < 4.78 is 35.8. The molecule has 0 saturated heterocycles. The minimum absolute atomic E-state index is 0.155. The van der Waals surface area contributed by atoms with Gasteiger partial charge in [-0.1, -0.05) is 60.7 Å². The molecule has 2 N–H and O–H groups in total. The van der Waals surface area contributed by atoms with E-state index in [1.54, 1.807) is 48.8 Å². The number of aromatic hydroxyl groups is 2. The van der Waals surface area contributed by atoms with Crippen LogP contribution >= 0.6 is 0 Å². The van der Waals surface area contributed by atoms with E-state index >= 15 is 0 Å². The minimum atomic E-state index is 0.155. The number of fused-ring (bicyclic) bond motifs is 4. The van der Waals surface area contributed by atoms with E-state index in [1.807, 2.05) is 72.8 Å². The van der Waals surface area contributed by atoms with Crippen molar-refractivity contribution in [2.24, 2.45) is 9.98 Å². The fraction of sp³-hybridized carbons (Fsp3) is 0.190. The zero-order valence-corrected chi connectivity index (χ0v) is 28.4. The predicted octanol–water partition coefficient (Wildman–Crippen LogP) is 8.17. The number of aliphatic imine (C=N–C) groups is 2. The van der Waals surface area contributed by atoms with Gasteiger partial charge in [0.2, 0.25) is 0 Å². The molecule has 6 aromatic rings. The van der Waals surface area contributed by atoms with Gasteiger partial charge >= 0.3 is 0 Å². The summed E-state index contributed by atoms with van der Waals surface area (Å²) in [5, 5.41) is 24.9. The van der Waals surface area contributed by atoms with Gasteiger partial charge in [0.25, 0.3) is 0 Å². The van der Waals surface area contributed by atoms with E-state index in [-0.39, 0.29) is 24.7 Å². The van der Waals surface area contributed by atoms with Crippen molar-refractivity contribution in [2.75, 3.05) is 52.9 Å². The number of ether oxygens (including phenoxy) is 6. The molecule has 10 nitrogen and oxygen atoms in total. The van der Waals surface area contributed by atoms with Crippen molar-refractivity contribution in [3.8, 4) is 34.5 Å². The molecule has 0 fully saturated rings. The predicted molar refractivity (Wildman–Crippen MR) is 202 cm³/mol. The number of phenols is 2. The molecule has 0 saturated carbocycles. The van der Waals surface area contributed by atoms with Gasteiger partial charge in [0.1, 0.15) is 37.9 Å². The van der Waals surface area contributed by atoms with Crippen LogP contribution in [0.1, 0.15) is 11.1 Å². The first-order valence-electron chi connectivity index (χ1n) is 17.1. The van der Waals surface area contributed by atoms with Crippen LogP contribution < -0.4 is 18.9 Å². The first-order valence-corrected chi connectivity index (χ1v) is 17.1. The van der Waals surface area contributed by atoms with Crippen LogP contribution in [0.3, 0.4) is 0 Å². The zero-order chi connectivity index (χ0) is 35.5. The van der Waals surface area contributed by atoms with Gasteiger partial charge in [0.05, 0.1) is 37.8 Å². The largest absolute Gasteiger partial charge is 0.507 e. The number of rotatable bonds is 4. The van der Waals surface area contributed by atoms with Crippen molar-refractivity contribution in [3.63, 3.8) is 0 Å². The lowest BCUT2D eigenvalue weighted by Gasteiger charge is -2.16. The number of hydrogen-bond acceptors (Lipinski definition) is 10. The summed E-state index contributed by atoms with van der Waals surface area (Å²) in [6, 6.07) is 33.6. The van der Waals surface area contributed by atoms with E-state index in [0.29, 0.717) is 85.1 Å². The molecule has 0 aromatic heterocycles. The van der Waals surface area contributed by atoms with Gasteiger partial charge in [0, 0.05) is 35.7 Å². The molecular formula is C42H38N2O8. The SMILES string of the molecule is Oc1ccc2ccccc2c1C=Nc1ccc2c(c1)OCCOCCOc1ccc(N=Cc3c(O)ccc4ccccc34)cc1OCCOCCO2. The Labute approximate surface area is 301 Å². The second kappa shape index (κ2) is 16.7. The third-order valence-electron chi connectivity index (χ3n) is 8.38. The van der Waals surface area contributed by atoms with Gasteiger partial charge < -0.3 is 38.6 Å². The summed E-state index contributed by atoms with van der Waals surface area (Å²) in [4.78, 5) is 9.26. The Bertz CT molecular complexity index is 2060. The van der Waals surface area contributed by atoms with E-state index in [9.17, 15) is 10.2 Å². The van der Waals surface area contributed by atoms with Crippen LogP contribution in [-0.2, 0) is 9.47 Å². The lowest BCUT2D eigenvalue weighted by atomic mass is 10.0. The molecule has 1 aliphatic rings. The highest BCUT2D eigenvalue weighted by Gasteiger charge is 2.12. The fourth-order valence-corrected chi connectivity index (χ4v) is 5.78. The Balaban J connectivity index is 1.00. The Kier molecular flexibility index (Phi) is 11.1. The summed E-state index contributed by atoms with van der Waals surface area (Å²) in [7, 11) is 0. The first-order chi connectivity index (χ1) is 25.6. The van der Waals surface area contributed by atoms with Crippen molar-refractivity contribution in [2.45, 2.75) is 0 Å². The lowest BCUT2D eigenvalue weighted by molar-refractivity contribution is 0.0640. The third-order valence-corrected chi connectivity index (χ3v) is 8.38. The van der Waals surface area contributed by atoms with Crippen molar-refractivity contribution >= 4 is 45.3 Å². The van der Waals surface area contributed by atoms with E-state index in [0.717, 1.165) is 21.5 Å². The molecule has 0 atom stereocenters. The maximum atomic E-state index is 10.5. The van der Waals surface area contributed by atoms with Gasteiger partial charge in [-0.15, -0.1) is 0 Å². The number of nitrogens with zero attached hydrogens (tertiary/aromatic N) is 2. The normalized spacial score (nSPS) is 14.8. The maximum absolute atomic E-state index is 10.5. The van der Waals surface area contributed by atoms with E-state index in [1.165, 1.54) is 0 Å². The average Bonchev–Trinajstić information content (AvgIpc) is 3.17. The third kappa shape index (κ3) is 8.43. The molecule has 0 amide bonds. The van der Waals surface area contributed by atoms with Crippen LogP contribution in [-0.4, -0.2) is 75.5 Å². The van der Waals surface area contributed by atoms with Crippen LogP contribution in [0.5, 0.6) is 34.5 Å². The van der Waals surface area contributed by atoms with Gasteiger partial charge in [-0.2, -0.15) is 0 Å². The Morgan fingerprint density at radius 1 is 0.423 bits per heavy atom. The molecule has 1 heterocycles. The van der Waals surface area contributed by atoms with E-state index in [4.69, 9.17) is 28.4 Å². The van der Waals surface area contributed by atoms with Gasteiger partial charge in [-0.25, -0.2) is 0 Å². The summed E-state index contributed by atoms with van der Waals surface area (Å²) in [5.74, 6) is 2.45. The summed E-state index contributed by atoms with van der Waals surface area (Å²) in [6.45, 7) is 2.43. The standard InChI is InChI=1S/C42H38N2O8/c45-37-13-9-29-5-1-3-7-33(29)35(37)27-43-31-11-15-39-41(25-31)51-23-19-47-18-22-50-40-16-12-32(26-42(40)52-24-20-48-17-21-49-39)44-28-36-34-8-4-2-6-30(34)10-14-38(36)46/h1-16,25-28,45-46H,17-24H2. The van der Waals surface area contributed by atoms with Gasteiger partial charge in [-0.05, 0) is 57.9 Å². The van der Waals surface area contributed by atoms with Crippen molar-refractivity contribution in [3.05, 3.63) is 120 Å². The van der Waals surface area contributed by atoms with Crippen molar-refractivity contribution in [1.82, 2.24) is 0 Å². The molecule has 1 aliphatic heterocycles. The molecule has 52 heavy (non-hydrogen) atoms. The lowest BCUT2D eigenvalue weighted by Crippen LogP contribution is -2.15. The summed E-state index contributed by atoms with van der Waals surface area (Å²) in [5.41, 5.74) is 2.55. The minimum Gasteiger partial charge on any atom is -0.507 e. The fourth-order valence-electron chi connectivity index (χ4n) is 5.78. The highest BCUT2D eigenvalue weighted by Crippen LogP contribution is 2.34. The first kappa shape index (κ1) is 34.4. The smallest absolute Gasteiger partial charge is 0.163 e. The van der Waals surface area contributed by atoms with Crippen LogP contribution in [0.4, 0.5) is 11.4 Å². The quantitative estimate of drug-likeness (QED) is 0.177. The average molecular weight is 699 g/mol. The van der Waals surface area contributed by atoms with Crippen LogP contribution in [0.15, 0.2) is 119 Å². The number of benzene rings is 6. The molecule has 0 bridgehead atoms. The van der Waals surface area contributed by atoms with E-state index in [2.05, 4.69) is 9.98 Å². The van der Waals surface area contributed by atoms with Crippen molar-refractivity contribution in [1.29, 1.82) is 0 Å². The van der Waals surface area contributed by atoms with Crippen LogP contribution in [0.2, 0.25) is 0 Å². The molecule has 264 valence electrons. The van der Waals surface area contributed by atoms with Crippen molar-refractivity contribution < 1.29 is 38.6 Å². The van der Waals surface area contributed by atoms with Crippen LogP contribution in [0.25, 0.3) is 21.5 Å².